The highest BCUT2D eigenvalue weighted by Crippen LogP contribution is 2.27. The Hall–Kier alpha value is -2.23. The van der Waals surface area contributed by atoms with Crippen LogP contribution in [0.2, 0.25) is 0 Å². The lowest BCUT2D eigenvalue weighted by Crippen LogP contribution is -2.48. The van der Waals surface area contributed by atoms with E-state index in [0.717, 1.165) is 17.7 Å². The second kappa shape index (κ2) is 7.41. The quantitative estimate of drug-likeness (QED) is 0.849. The molecular formula is C18H22N4O4S. The molecule has 1 saturated heterocycles. The van der Waals surface area contributed by atoms with E-state index < -0.39 is 10.0 Å². The van der Waals surface area contributed by atoms with Gasteiger partial charge in [0.2, 0.25) is 15.9 Å². The van der Waals surface area contributed by atoms with Gasteiger partial charge in [0, 0.05) is 50.9 Å². The summed E-state index contributed by atoms with van der Waals surface area (Å²) in [5.74, 6) is -0.0207. The van der Waals surface area contributed by atoms with Gasteiger partial charge in [-0.25, -0.2) is 8.42 Å². The highest BCUT2D eigenvalue weighted by atomic mass is 32.2. The number of carbonyl (C=O) groups is 1. The van der Waals surface area contributed by atoms with Crippen molar-refractivity contribution in [2.75, 3.05) is 31.5 Å². The van der Waals surface area contributed by atoms with E-state index in [4.69, 9.17) is 4.52 Å². The Morgan fingerprint density at radius 1 is 1.11 bits per heavy atom. The van der Waals surface area contributed by atoms with E-state index >= 15 is 0 Å². The number of sulfonamides is 1. The molecule has 0 radical (unpaired) electrons. The fourth-order valence-corrected chi connectivity index (χ4v) is 5.01. The molecule has 0 bridgehead atoms. The monoisotopic (exact) mass is 390 g/mol. The molecule has 1 N–H and O–H groups in total. The maximum Gasteiger partial charge on any atom is 0.243 e. The van der Waals surface area contributed by atoms with Crippen LogP contribution in [0.4, 0.5) is 5.69 Å². The second-order valence-electron chi connectivity index (χ2n) is 6.89. The highest BCUT2D eigenvalue weighted by molar-refractivity contribution is 7.89. The third-order valence-corrected chi connectivity index (χ3v) is 6.94. The fraction of sp³-hybridized carbons (Fsp3) is 0.444. The number of piperazine rings is 1. The van der Waals surface area contributed by atoms with Gasteiger partial charge in [-0.05, 0) is 36.6 Å². The van der Waals surface area contributed by atoms with Gasteiger partial charge in [-0.1, -0.05) is 5.16 Å². The van der Waals surface area contributed by atoms with Crippen molar-refractivity contribution in [1.29, 1.82) is 0 Å². The Bertz CT molecular complexity index is 919. The number of benzene rings is 1. The summed E-state index contributed by atoms with van der Waals surface area (Å²) in [4.78, 5) is 14.1. The molecule has 0 aliphatic carbocycles. The maximum atomic E-state index is 13.0. The summed E-state index contributed by atoms with van der Waals surface area (Å²) in [6, 6.07) is 6.81. The molecule has 8 nitrogen and oxygen atoms in total. The number of amides is 1. The van der Waals surface area contributed by atoms with Gasteiger partial charge in [0.15, 0.2) is 0 Å². The number of nitrogens with zero attached hydrogens (tertiary/aromatic N) is 3. The van der Waals surface area contributed by atoms with Crippen LogP contribution in [0.25, 0.3) is 0 Å². The first-order valence-corrected chi connectivity index (χ1v) is 10.5. The molecule has 2 aromatic rings. The molecule has 27 heavy (non-hydrogen) atoms. The number of carbonyl (C=O) groups excluding carboxylic acids is 1. The molecular weight excluding hydrogens is 368 g/mol. The van der Waals surface area contributed by atoms with Gasteiger partial charge < -0.3 is 9.84 Å². The van der Waals surface area contributed by atoms with Crippen LogP contribution in [0.15, 0.2) is 39.9 Å². The summed E-state index contributed by atoms with van der Waals surface area (Å²) in [5, 5.41) is 6.74. The normalized spacial score (nSPS) is 19.3. The zero-order valence-corrected chi connectivity index (χ0v) is 15.7. The number of nitrogens with one attached hydrogen (secondary N) is 1. The van der Waals surface area contributed by atoms with E-state index in [2.05, 4.69) is 15.4 Å². The second-order valence-corrected chi connectivity index (χ2v) is 8.83. The van der Waals surface area contributed by atoms with Crippen molar-refractivity contribution in [2.45, 2.75) is 30.7 Å². The van der Waals surface area contributed by atoms with Crippen molar-refractivity contribution in [3.63, 3.8) is 0 Å². The van der Waals surface area contributed by atoms with Crippen LogP contribution in [-0.4, -0.2) is 54.9 Å². The van der Waals surface area contributed by atoms with Crippen LogP contribution in [0, 0.1) is 0 Å². The summed E-state index contributed by atoms with van der Waals surface area (Å²) in [7, 11) is -3.55. The molecule has 2 aliphatic heterocycles. The first-order chi connectivity index (χ1) is 13.0. The van der Waals surface area contributed by atoms with Gasteiger partial charge in [-0.3, -0.25) is 9.69 Å². The number of hydrogen-bond acceptors (Lipinski definition) is 6. The van der Waals surface area contributed by atoms with Crippen LogP contribution in [0.5, 0.6) is 0 Å². The van der Waals surface area contributed by atoms with Gasteiger partial charge >= 0.3 is 0 Å². The minimum atomic E-state index is -3.55. The number of fused-ring (bicyclic) bond motifs is 1. The number of aryl methyl sites for hydroxylation is 1. The number of aromatic nitrogens is 1. The molecule has 144 valence electrons. The van der Waals surface area contributed by atoms with Crippen molar-refractivity contribution in [2.24, 2.45) is 0 Å². The summed E-state index contributed by atoms with van der Waals surface area (Å²) >= 11 is 0. The number of anilines is 1. The molecule has 0 spiro atoms. The third-order valence-electron chi connectivity index (χ3n) is 5.05. The lowest BCUT2D eigenvalue weighted by atomic mass is 10.1. The average molecular weight is 390 g/mol. The van der Waals surface area contributed by atoms with Gasteiger partial charge in [0.25, 0.3) is 0 Å². The highest BCUT2D eigenvalue weighted by Gasteiger charge is 2.29. The van der Waals surface area contributed by atoms with Crippen molar-refractivity contribution in [3.05, 3.63) is 41.8 Å². The van der Waals surface area contributed by atoms with Crippen molar-refractivity contribution < 1.29 is 17.7 Å². The fourth-order valence-electron chi connectivity index (χ4n) is 3.54. The van der Waals surface area contributed by atoms with Crippen LogP contribution in [0.3, 0.4) is 0 Å². The zero-order chi connectivity index (χ0) is 18.9. The van der Waals surface area contributed by atoms with Crippen LogP contribution >= 0.6 is 0 Å². The van der Waals surface area contributed by atoms with Crippen molar-refractivity contribution in [3.8, 4) is 0 Å². The third kappa shape index (κ3) is 3.90. The molecule has 0 unspecified atom stereocenters. The molecule has 1 amide bonds. The summed E-state index contributed by atoms with van der Waals surface area (Å²) in [6.45, 7) is 2.82. The standard InChI is InChI=1S/C18H22N4O4S/c23-18-3-1-2-14-12-16(4-5-17(14)19-18)27(24,25)22-9-7-21(8-10-22)13-15-6-11-26-20-15/h4-6,11-12H,1-3,7-10,13H2,(H,19,23). The summed E-state index contributed by atoms with van der Waals surface area (Å²) in [6.07, 6.45) is 3.42. The molecule has 0 saturated carbocycles. The summed E-state index contributed by atoms with van der Waals surface area (Å²) < 4.78 is 32.5. The van der Waals surface area contributed by atoms with E-state index in [1.165, 1.54) is 10.6 Å². The van der Waals surface area contributed by atoms with E-state index in [1.54, 1.807) is 18.2 Å². The van der Waals surface area contributed by atoms with Crippen LogP contribution < -0.4 is 5.32 Å². The van der Waals surface area contributed by atoms with Gasteiger partial charge in [0.1, 0.15) is 6.26 Å². The Kier molecular flexibility index (Phi) is 4.98. The van der Waals surface area contributed by atoms with Crippen molar-refractivity contribution >= 4 is 21.6 Å². The molecule has 2 aliphatic rings. The first kappa shape index (κ1) is 18.1. The van der Waals surface area contributed by atoms with E-state index in [0.29, 0.717) is 56.1 Å². The first-order valence-electron chi connectivity index (χ1n) is 9.07. The van der Waals surface area contributed by atoms with E-state index in [-0.39, 0.29) is 5.91 Å². The lowest BCUT2D eigenvalue weighted by Gasteiger charge is -2.33. The Labute approximate surface area is 158 Å². The molecule has 3 heterocycles. The molecule has 4 rings (SSSR count). The van der Waals surface area contributed by atoms with Crippen LogP contribution in [-0.2, 0) is 27.8 Å². The van der Waals surface area contributed by atoms with Gasteiger partial charge in [-0.2, -0.15) is 4.31 Å². The SMILES string of the molecule is O=C1CCCc2cc(S(=O)(=O)N3CCN(Cc4ccon4)CC3)ccc2N1. The predicted octanol–water partition coefficient (Wildman–Crippen LogP) is 1.46. The number of hydrogen-bond donors (Lipinski definition) is 1. The zero-order valence-electron chi connectivity index (χ0n) is 14.9. The molecule has 1 aromatic carbocycles. The van der Waals surface area contributed by atoms with Gasteiger partial charge in [0.05, 0.1) is 10.6 Å². The smallest absolute Gasteiger partial charge is 0.243 e. The molecule has 1 aromatic heterocycles. The van der Waals surface area contributed by atoms with E-state index in [1.807, 2.05) is 6.07 Å². The maximum absolute atomic E-state index is 13.0. The Morgan fingerprint density at radius 2 is 1.93 bits per heavy atom. The molecule has 9 heteroatoms. The van der Waals surface area contributed by atoms with E-state index in [9.17, 15) is 13.2 Å². The van der Waals surface area contributed by atoms with Crippen molar-refractivity contribution in [1.82, 2.24) is 14.4 Å². The number of rotatable bonds is 4. The molecule has 0 atom stereocenters. The van der Waals surface area contributed by atoms with Crippen LogP contribution in [0.1, 0.15) is 24.1 Å². The topological polar surface area (TPSA) is 95.8 Å². The lowest BCUT2D eigenvalue weighted by molar-refractivity contribution is -0.116. The Morgan fingerprint density at radius 3 is 2.67 bits per heavy atom. The minimum absolute atomic E-state index is 0.0207. The minimum Gasteiger partial charge on any atom is -0.364 e. The average Bonchev–Trinajstić information content (AvgIpc) is 3.08. The Balaban J connectivity index is 1.46. The largest absolute Gasteiger partial charge is 0.364 e. The predicted molar refractivity (Wildman–Crippen MR) is 98.5 cm³/mol. The summed E-state index contributed by atoms with van der Waals surface area (Å²) in [5.41, 5.74) is 2.44. The van der Waals surface area contributed by atoms with Gasteiger partial charge in [-0.15, -0.1) is 0 Å². The molecule has 1 fully saturated rings.